The van der Waals surface area contributed by atoms with Crippen molar-refractivity contribution in [3.63, 3.8) is 0 Å². The molecule has 1 amide bonds. The van der Waals surface area contributed by atoms with Crippen LogP contribution in [-0.2, 0) is 0 Å². The summed E-state index contributed by atoms with van der Waals surface area (Å²) in [7, 11) is 0. The third-order valence-electron chi connectivity index (χ3n) is 5.91. The van der Waals surface area contributed by atoms with Gasteiger partial charge in [0.25, 0.3) is 5.91 Å². The maximum Gasteiger partial charge on any atom is 0.289 e. The van der Waals surface area contributed by atoms with Crippen LogP contribution in [0.1, 0.15) is 46.9 Å². The van der Waals surface area contributed by atoms with Gasteiger partial charge in [-0.25, -0.2) is 0 Å². The Hall–Kier alpha value is -2.07. The first kappa shape index (κ1) is 17.3. The molecule has 4 heteroatoms. The molecule has 2 aliphatic heterocycles. The van der Waals surface area contributed by atoms with Crippen molar-refractivity contribution in [3.8, 4) is 0 Å². The van der Waals surface area contributed by atoms with Crippen molar-refractivity contribution in [1.29, 1.82) is 0 Å². The third kappa shape index (κ3) is 3.70. The lowest BCUT2D eigenvalue weighted by Crippen LogP contribution is -2.36. The summed E-state index contributed by atoms with van der Waals surface area (Å²) >= 11 is 0. The number of benzene rings is 1. The number of carbonyl (C=O) groups excluding carboxylic acids is 1. The Kier molecular flexibility index (Phi) is 5.11. The van der Waals surface area contributed by atoms with Gasteiger partial charge in [-0.15, -0.1) is 0 Å². The molecule has 0 unspecified atom stereocenters. The van der Waals surface area contributed by atoms with Gasteiger partial charge >= 0.3 is 0 Å². The van der Waals surface area contributed by atoms with E-state index in [0.717, 1.165) is 19.6 Å². The molecule has 2 aliphatic rings. The number of piperidine rings is 1. The van der Waals surface area contributed by atoms with Crippen LogP contribution >= 0.6 is 0 Å². The molecule has 2 saturated heterocycles. The molecule has 2 aromatic rings. The summed E-state index contributed by atoms with van der Waals surface area (Å²) in [6.07, 6.45) is 5.53. The number of furan rings is 1. The van der Waals surface area contributed by atoms with Gasteiger partial charge < -0.3 is 14.2 Å². The standard InChI is InChI=1S/C22H28N2O2/c1-17-7-9-18(10-8-17)20-16-24(22(25)21-6-5-13-26-21)15-19(20)14-23-11-3-2-4-12-23/h5-10,13,19-20H,2-4,11-12,14-16H2,1H3/t19-,20-/m0/s1. The van der Waals surface area contributed by atoms with E-state index in [1.54, 1.807) is 18.4 Å². The second-order valence-corrected chi connectivity index (χ2v) is 7.83. The molecule has 0 aliphatic carbocycles. The minimum absolute atomic E-state index is 0.0215. The Morgan fingerprint density at radius 2 is 1.85 bits per heavy atom. The van der Waals surface area contributed by atoms with E-state index >= 15 is 0 Å². The molecule has 1 aromatic heterocycles. The summed E-state index contributed by atoms with van der Waals surface area (Å²) in [4.78, 5) is 17.4. The highest BCUT2D eigenvalue weighted by Gasteiger charge is 2.38. The fourth-order valence-corrected chi connectivity index (χ4v) is 4.44. The molecule has 4 nitrogen and oxygen atoms in total. The summed E-state index contributed by atoms with van der Waals surface area (Å²) in [5.41, 5.74) is 2.63. The summed E-state index contributed by atoms with van der Waals surface area (Å²) in [6, 6.07) is 12.4. The minimum Gasteiger partial charge on any atom is -0.459 e. The Morgan fingerprint density at radius 1 is 1.08 bits per heavy atom. The van der Waals surface area contributed by atoms with Gasteiger partial charge in [0.05, 0.1) is 6.26 Å². The SMILES string of the molecule is Cc1ccc([C@@H]2CN(C(=O)c3ccco3)C[C@@H]2CN2CCCCC2)cc1. The third-order valence-corrected chi connectivity index (χ3v) is 5.91. The quantitative estimate of drug-likeness (QED) is 0.836. The van der Waals surface area contributed by atoms with Gasteiger partial charge in [-0.3, -0.25) is 4.79 Å². The van der Waals surface area contributed by atoms with Crippen molar-refractivity contribution in [2.45, 2.75) is 32.1 Å². The number of likely N-dealkylation sites (tertiary alicyclic amines) is 2. The molecule has 0 radical (unpaired) electrons. The van der Waals surface area contributed by atoms with E-state index in [1.165, 1.54) is 43.5 Å². The van der Waals surface area contributed by atoms with Gasteiger partial charge in [0.1, 0.15) is 0 Å². The van der Waals surface area contributed by atoms with Crippen LogP contribution in [0.15, 0.2) is 47.1 Å². The Labute approximate surface area is 155 Å². The maximum atomic E-state index is 12.8. The molecule has 4 rings (SSSR count). The Balaban J connectivity index is 1.53. The second kappa shape index (κ2) is 7.67. The van der Waals surface area contributed by atoms with Gasteiger partial charge in [-0.2, -0.15) is 0 Å². The summed E-state index contributed by atoms with van der Waals surface area (Å²) in [5.74, 6) is 1.35. The first-order chi connectivity index (χ1) is 12.7. The zero-order valence-electron chi connectivity index (χ0n) is 15.6. The van der Waals surface area contributed by atoms with Crippen molar-refractivity contribution in [2.75, 3.05) is 32.7 Å². The number of hydrogen-bond donors (Lipinski definition) is 0. The number of nitrogens with zero attached hydrogens (tertiary/aromatic N) is 2. The van der Waals surface area contributed by atoms with Crippen molar-refractivity contribution < 1.29 is 9.21 Å². The highest BCUT2D eigenvalue weighted by atomic mass is 16.3. The molecule has 3 heterocycles. The van der Waals surface area contributed by atoms with E-state index in [0.29, 0.717) is 17.6 Å². The molecule has 2 atom stereocenters. The zero-order valence-corrected chi connectivity index (χ0v) is 15.6. The molecular formula is C22H28N2O2. The van der Waals surface area contributed by atoms with Crippen LogP contribution in [-0.4, -0.2) is 48.4 Å². The predicted octanol–water partition coefficient (Wildman–Crippen LogP) is 3.93. The van der Waals surface area contributed by atoms with Gasteiger partial charge in [-0.1, -0.05) is 36.2 Å². The average Bonchev–Trinajstić information content (AvgIpc) is 3.33. The summed E-state index contributed by atoms with van der Waals surface area (Å²) < 4.78 is 5.35. The number of aryl methyl sites for hydroxylation is 1. The second-order valence-electron chi connectivity index (χ2n) is 7.83. The maximum absolute atomic E-state index is 12.8. The number of carbonyl (C=O) groups is 1. The fourth-order valence-electron chi connectivity index (χ4n) is 4.44. The fraction of sp³-hybridized carbons (Fsp3) is 0.500. The van der Waals surface area contributed by atoms with E-state index in [2.05, 4.69) is 36.1 Å². The Bertz CT molecular complexity index is 717. The number of rotatable bonds is 4. The number of hydrogen-bond acceptors (Lipinski definition) is 3. The van der Waals surface area contributed by atoms with E-state index < -0.39 is 0 Å². The zero-order chi connectivity index (χ0) is 17.9. The van der Waals surface area contributed by atoms with Crippen LogP contribution < -0.4 is 0 Å². The minimum atomic E-state index is 0.0215. The lowest BCUT2D eigenvalue weighted by Gasteiger charge is -2.31. The molecule has 1 aromatic carbocycles. The van der Waals surface area contributed by atoms with Crippen LogP contribution in [0.25, 0.3) is 0 Å². The highest BCUT2D eigenvalue weighted by Crippen LogP contribution is 2.34. The van der Waals surface area contributed by atoms with Gasteiger partial charge in [0, 0.05) is 25.6 Å². The molecule has 26 heavy (non-hydrogen) atoms. The molecule has 0 spiro atoms. The van der Waals surface area contributed by atoms with E-state index in [-0.39, 0.29) is 5.91 Å². The van der Waals surface area contributed by atoms with E-state index in [4.69, 9.17) is 4.42 Å². The van der Waals surface area contributed by atoms with Crippen LogP contribution in [0.2, 0.25) is 0 Å². The van der Waals surface area contributed by atoms with Crippen LogP contribution in [0.3, 0.4) is 0 Å². The van der Waals surface area contributed by atoms with Crippen LogP contribution in [0.5, 0.6) is 0 Å². The molecule has 0 N–H and O–H groups in total. The van der Waals surface area contributed by atoms with E-state index in [9.17, 15) is 4.79 Å². The number of amides is 1. The van der Waals surface area contributed by atoms with Gasteiger partial charge in [0.15, 0.2) is 5.76 Å². The van der Waals surface area contributed by atoms with Crippen molar-refractivity contribution in [1.82, 2.24) is 9.80 Å². The highest BCUT2D eigenvalue weighted by molar-refractivity contribution is 5.91. The molecule has 0 saturated carbocycles. The van der Waals surface area contributed by atoms with E-state index in [1.807, 2.05) is 4.90 Å². The molecule has 0 bridgehead atoms. The lowest BCUT2D eigenvalue weighted by molar-refractivity contribution is 0.0750. The largest absolute Gasteiger partial charge is 0.459 e. The molecule has 138 valence electrons. The topological polar surface area (TPSA) is 36.7 Å². The first-order valence-electron chi connectivity index (χ1n) is 9.82. The van der Waals surface area contributed by atoms with Gasteiger partial charge in [-0.05, 0) is 56.5 Å². The molecule has 2 fully saturated rings. The normalized spacial score (nSPS) is 24.1. The predicted molar refractivity (Wildman–Crippen MR) is 102 cm³/mol. The monoisotopic (exact) mass is 352 g/mol. The van der Waals surface area contributed by atoms with Gasteiger partial charge in [0.2, 0.25) is 0 Å². The smallest absolute Gasteiger partial charge is 0.289 e. The average molecular weight is 352 g/mol. The van der Waals surface area contributed by atoms with Crippen molar-refractivity contribution in [2.24, 2.45) is 5.92 Å². The van der Waals surface area contributed by atoms with Crippen molar-refractivity contribution in [3.05, 3.63) is 59.5 Å². The lowest BCUT2D eigenvalue weighted by atomic mass is 9.88. The first-order valence-corrected chi connectivity index (χ1v) is 9.82. The summed E-state index contributed by atoms with van der Waals surface area (Å²) in [5, 5.41) is 0. The van der Waals surface area contributed by atoms with Crippen molar-refractivity contribution >= 4 is 5.91 Å². The summed E-state index contributed by atoms with van der Waals surface area (Å²) in [6.45, 7) is 7.19. The molecular weight excluding hydrogens is 324 g/mol. The van der Waals surface area contributed by atoms with Crippen LogP contribution in [0.4, 0.5) is 0 Å². The van der Waals surface area contributed by atoms with Crippen LogP contribution in [0, 0.1) is 12.8 Å². The Morgan fingerprint density at radius 3 is 2.54 bits per heavy atom.